The average Bonchev–Trinajstić information content (AvgIpc) is 3.47. The molecular formula is C34H49FO3. The summed E-state index contributed by atoms with van der Waals surface area (Å²) < 4.78 is 32.6. The van der Waals surface area contributed by atoms with Crippen LogP contribution < -0.4 is 4.74 Å². The molecule has 0 bridgehead atoms. The number of unbranched alkanes of at least 4 members (excludes halogenated alkanes) is 7. The molecule has 2 fully saturated rings. The zero-order valence-electron chi connectivity index (χ0n) is 23.6. The zero-order chi connectivity index (χ0) is 26.4. The summed E-state index contributed by atoms with van der Waals surface area (Å²) >= 11 is 0. The highest BCUT2D eigenvalue weighted by Gasteiger charge is 2.23. The molecule has 0 radical (unpaired) electrons. The minimum atomic E-state index is -0.310. The average molecular weight is 525 g/mol. The molecule has 0 amide bonds. The first kappa shape index (κ1) is 29.1. The highest BCUT2D eigenvalue weighted by atomic mass is 19.1. The van der Waals surface area contributed by atoms with Gasteiger partial charge in [-0.05, 0) is 42.0 Å². The van der Waals surface area contributed by atoms with Gasteiger partial charge in [0.15, 0.2) is 17.9 Å². The van der Waals surface area contributed by atoms with Crippen LogP contribution in [-0.4, -0.2) is 19.8 Å². The molecular weight excluding hydrogens is 475 g/mol. The van der Waals surface area contributed by atoms with Crippen molar-refractivity contribution in [1.82, 2.24) is 0 Å². The highest BCUT2D eigenvalue weighted by molar-refractivity contribution is 5.64. The van der Waals surface area contributed by atoms with Gasteiger partial charge in [-0.2, -0.15) is 0 Å². The standard InChI is InChI=1S/C34H49FO3/c1-2-3-4-5-6-8-16-28-25-37-34(38-26-28)30-19-17-29(18-20-30)31-21-22-33(32(35)24-31)36-23-12-7-9-13-27-14-10-11-15-27/h17-22,24,27-28,34H,2-16,23,25-26H2,1H3/t28-,34-. The van der Waals surface area contributed by atoms with E-state index >= 15 is 0 Å². The first-order valence-corrected chi connectivity index (χ1v) is 15.5. The van der Waals surface area contributed by atoms with E-state index in [-0.39, 0.29) is 12.1 Å². The lowest BCUT2D eigenvalue weighted by molar-refractivity contribution is -0.206. The quantitative estimate of drug-likeness (QED) is 0.204. The molecule has 0 aromatic heterocycles. The van der Waals surface area contributed by atoms with E-state index in [0.717, 1.165) is 48.7 Å². The molecule has 1 saturated carbocycles. The van der Waals surface area contributed by atoms with Gasteiger partial charge in [0.1, 0.15) is 0 Å². The molecule has 38 heavy (non-hydrogen) atoms. The van der Waals surface area contributed by atoms with E-state index in [1.165, 1.54) is 83.5 Å². The molecule has 210 valence electrons. The molecule has 3 nitrogen and oxygen atoms in total. The topological polar surface area (TPSA) is 27.7 Å². The van der Waals surface area contributed by atoms with Gasteiger partial charge < -0.3 is 14.2 Å². The van der Waals surface area contributed by atoms with Crippen LogP contribution in [0.3, 0.4) is 0 Å². The molecule has 1 aliphatic carbocycles. The number of halogens is 1. The molecule has 0 unspecified atom stereocenters. The predicted octanol–water partition coefficient (Wildman–Crippen LogP) is 10.0. The molecule has 4 rings (SSSR count). The Morgan fingerprint density at radius 2 is 1.37 bits per heavy atom. The van der Waals surface area contributed by atoms with Crippen molar-refractivity contribution < 1.29 is 18.6 Å². The fourth-order valence-corrected chi connectivity index (χ4v) is 5.94. The summed E-state index contributed by atoms with van der Waals surface area (Å²) in [6.45, 7) is 4.35. The summed E-state index contributed by atoms with van der Waals surface area (Å²) in [6, 6.07) is 13.4. The number of ether oxygens (including phenoxy) is 3. The van der Waals surface area contributed by atoms with Gasteiger partial charge in [-0.25, -0.2) is 4.39 Å². The van der Waals surface area contributed by atoms with E-state index in [0.29, 0.717) is 18.3 Å². The van der Waals surface area contributed by atoms with Crippen LogP contribution >= 0.6 is 0 Å². The lowest BCUT2D eigenvalue weighted by Crippen LogP contribution is -2.27. The van der Waals surface area contributed by atoms with Crippen LogP contribution in [0.15, 0.2) is 42.5 Å². The Labute approximate surface area is 230 Å². The van der Waals surface area contributed by atoms with Gasteiger partial charge in [0, 0.05) is 11.5 Å². The minimum Gasteiger partial charge on any atom is -0.491 e. The van der Waals surface area contributed by atoms with Gasteiger partial charge in [0.25, 0.3) is 0 Å². The van der Waals surface area contributed by atoms with Gasteiger partial charge in [-0.3, -0.25) is 0 Å². The molecule has 0 atom stereocenters. The minimum absolute atomic E-state index is 0.298. The van der Waals surface area contributed by atoms with Gasteiger partial charge in [0.05, 0.1) is 19.8 Å². The molecule has 0 spiro atoms. The zero-order valence-corrected chi connectivity index (χ0v) is 23.6. The van der Waals surface area contributed by atoms with Crippen molar-refractivity contribution >= 4 is 0 Å². The molecule has 0 N–H and O–H groups in total. The monoisotopic (exact) mass is 524 g/mol. The lowest BCUT2D eigenvalue weighted by atomic mass is 10.00. The van der Waals surface area contributed by atoms with Crippen LogP contribution in [0.5, 0.6) is 5.75 Å². The number of hydrogen-bond donors (Lipinski definition) is 0. The van der Waals surface area contributed by atoms with Gasteiger partial charge in [-0.1, -0.05) is 121 Å². The Kier molecular flexibility index (Phi) is 12.4. The van der Waals surface area contributed by atoms with Crippen LogP contribution in [-0.2, 0) is 9.47 Å². The molecule has 2 aromatic rings. The first-order chi connectivity index (χ1) is 18.7. The summed E-state index contributed by atoms with van der Waals surface area (Å²) in [4.78, 5) is 0. The molecule has 1 saturated heterocycles. The van der Waals surface area contributed by atoms with E-state index in [1.807, 2.05) is 30.3 Å². The third kappa shape index (κ3) is 9.38. The third-order valence-corrected chi connectivity index (χ3v) is 8.37. The third-order valence-electron chi connectivity index (χ3n) is 8.37. The SMILES string of the molecule is CCCCCCCC[C@H]1CO[C@H](c2ccc(-c3ccc(OCCCCCC4CCCC4)c(F)c3)cc2)OC1. The number of benzene rings is 2. The fraction of sp³-hybridized carbons (Fsp3) is 0.647. The van der Waals surface area contributed by atoms with Crippen molar-refractivity contribution in [2.75, 3.05) is 19.8 Å². The van der Waals surface area contributed by atoms with E-state index < -0.39 is 0 Å². The Hall–Kier alpha value is -1.91. The fourth-order valence-electron chi connectivity index (χ4n) is 5.94. The normalized spacial score (nSPS) is 20.2. The van der Waals surface area contributed by atoms with Crippen molar-refractivity contribution in [3.63, 3.8) is 0 Å². The summed E-state index contributed by atoms with van der Waals surface area (Å²) in [5, 5.41) is 0. The molecule has 2 aromatic carbocycles. The van der Waals surface area contributed by atoms with Crippen molar-refractivity contribution in [3.05, 3.63) is 53.8 Å². The van der Waals surface area contributed by atoms with Crippen molar-refractivity contribution in [2.24, 2.45) is 11.8 Å². The van der Waals surface area contributed by atoms with Crippen LogP contribution in [0.1, 0.15) is 115 Å². The second kappa shape index (κ2) is 16.3. The van der Waals surface area contributed by atoms with Crippen molar-refractivity contribution in [1.29, 1.82) is 0 Å². The Bertz CT molecular complexity index is 914. The Balaban J connectivity index is 1.15. The van der Waals surface area contributed by atoms with E-state index in [9.17, 15) is 4.39 Å². The van der Waals surface area contributed by atoms with Gasteiger partial charge >= 0.3 is 0 Å². The molecule has 1 aliphatic heterocycles. The summed E-state index contributed by atoms with van der Waals surface area (Å²) in [6.07, 6.45) is 19.2. The first-order valence-electron chi connectivity index (χ1n) is 15.5. The second-order valence-corrected chi connectivity index (χ2v) is 11.5. The smallest absolute Gasteiger partial charge is 0.183 e. The van der Waals surface area contributed by atoms with Gasteiger partial charge in [-0.15, -0.1) is 0 Å². The maximum absolute atomic E-state index is 14.7. The van der Waals surface area contributed by atoms with Crippen molar-refractivity contribution in [2.45, 2.75) is 110 Å². The Morgan fingerprint density at radius 1 is 0.737 bits per heavy atom. The van der Waals surface area contributed by atoms with Crippen LogP contribution in [0.4, 0.5) is 4.39 Å². The maximum atomic E-state index is 14.7. The molecule has 4 heteroatoms. The van der Waals surface area contributed by atoms with E-state index in [4.69, 9.17) is 14.2 Å². The maximum Gasteiger partial charge on any atom is 0.183 e. The second-order valence-electron chi connectivity index (χ2n) is 11.5. The van der Waals surface area contributed by atoms with E-state index in [2.05, 4.69) is 6.92 Å². The van der Waals surface area contributed by atoms with Crippen LogP contribution in [0, 0.1) is 17.7 Å². The van der Waals surface area contributed by atoms with E-state index in [1.54, 1.807) is 12.1 Å². The van der Waals surface area contributed by atoms with Gasteiger partial charge in [0.2, 0.25) is 0 Å². The van der Waals surface area contributed by atoms with Crippen molar-refractivity contribution in [3.8, 4) is 16.9 Å². The molecule has 1 heterocycles. The lowest BCUT2D eigenvalue weighted by Gasteiger charge is -2.29. The molecule has 2 aliphatic rings. The van der Waals surface area contributed by atoms with Crippen LogP contribution in [0.2, 0.25) is 0 Å². The largest absolute Gasteiger partial charge is 0.491 e. The van der Waals surface area contributed by atoms with Crippen LogP contribution in [0.25, 0.3) is 11.1 Å². The number of hydrogen-bond acceptors (Lipinski definition) is 3. The summed E-state index contributed by atoms with van der Waals surface area (Å²) in [5.41, 5.74) is 2.84. The predicted molar refractivity (Wildman–Crippen MR) is 154 cm³/mol. The Morgan fingerprint density at radius 3 is 2.08 bits per heavy atom. The highest BCUT2D eigenvalue weighted by Crippen LogP contribution is 2.31. The number of rotatable bonds is 16. The summed E-state index contributed by atoms with van der Waals surface area (Å²) in [5.74, 6) is 1.50. The summed E-state index contributed by atoms with van der Waals surface area (Å²) in [7, 11) is 0.